The predicted molar refractivity (Wildman–Crippen MR) is 58.7 cm³/mol. The highest BCUT2D eigenvalue weighted by Crippen LogP contribution is 2.18. The molecule has 0 atom stereocenters. The van der Waals surface area contributed by atoms with Crippen molar-refractivity contribution >= 4 is 16.7 Å². The number of rotatable bonds is 0. The van der Waals surface area contributed by atoms with Gasteiger partial charge < -0.3 is 10.3 Å². The Hall–Kier alpha value is -1.44. The summed E-state index contributed by atoms with van der Waals surface area (Å²) in [5, 5.41) is 1.20. The molecule has 13 heavy (non-hydrogen) atoms. The van der Waals surface area contributed by atoms with Crippen LogP contribution in [0.1, 0.15) is 13.8 Å². The van der Waals surface area contributed by atoms with Gasteiger partial charge in [0.2, 0.25) is 0 Å². The Kier molecular flexibility index (Phi) is 2.96. The normalized spacial score (nSPS) is 9.46. The van der Waals surface area contributed by atoms with Crippen LogP contribution in [-0.4, -0.2) is 4.57 Å². The van der Waals surface area contributed by atoms with Crippen molar-refractivity contribution in [2.45, 2.75) is 13.8 Å². The van der Waals surface area contributed by atoms with Gasteiger partial charge in [-0.05, 0) is 12.1 Å². The number of fused-ring (bicyclic) bond motifs is 1. The first kappa shape index (κ1) is 9.65. The summed E-state index contributed by atoms with van der Waals surface area (Å²) in [6, 6.07) is 10.1. The van der Waals surface area contributed by atoms with Gasteiger partial charge in [-0.2, -0.15) is 0 Å². The van der Waals surface area contributed by atoms with Gasteiger partial charge in [-0.25, -0.2) is 0 Å². The summed E-state index contributed by atoms with van der Waals surface area (Å²) in [4.78, 5) is 0. The molecule has 70 valence electrons. The van der Waals surface area contributed by atoms with Crippen LogP contribution in [0.25, 0.3) is 10.9 Å². The third-order valence-electron chi connectivity index (χ3n) is 1.99. The first-order chi connectivity index (χ1) is 6.29. The van der Waals surface area contributed by atoms with E-state index in [1.54, 1.807) is 0 Å². The molecule has 0 aliphatic heterocycles. The van der Waals surface area contributed by atoms with Crippen molar-refractivity contribution in [2.24, 2.45) is 7.05 Å². The Labute approximate surface area is 79.0 Å². The monoisotopic (exact) mass is 176 g/mol. The van der Waals surface area contributed by atoms with Gasteiger partial charge >= 0.3 is 0 Å². The molecule has 0 spiro atoms. The fraction of sp³-hybridized carbons (Fsp3) is 0.273. The molecule has 2 N–H and O–H groups in total. The first-order valence-electron chi connectivity index (χ1n) is 4.59. The quantitative estimate of drug-likeness (QED) is 0.657. The molecule has 0 saturated heterocycles. The molecule has 0 bridgehead atoms. The second-order valence-corrected chi connectivity index (χ2v) is 2.69. The molecule has 2 nitrogen and oxygen atoms in total. The number of nitrogens with two attached hydrogens (primary N) is 1. The van der Waals surface area contributed by atoms with Crippen LogP contribution >= 0.6 is 0 Å². The number of aryl methyl sites for hydroxylation is 1. The number of aromatic nitrogens is 1. The smallest absolute Gasteiger partial charge is 0.104 e. The van der Waals surface area contributed by atoms with Gasteiger partial charge in [-0.1, -0.05) is 32.0 Å². The lowest BCUT2D eigenvalue weighted by atomic mass is 10.2. The van der Waals surface area contributed by atoms with Crippen LogP contribution in [0.3, 0.4) is 0 Å². The van der Waals surface area contributed by atoms with Gasteiger partial charge in [0, 0.05) is 18.0 Å². The number of hydrogen-bond acceptors (Lipinski definition) is 1. The van der Waals surface area contributed by atoms with E-state index in [2.05, 4.69) is 12.1 Å². The molecule has 0 fully saturated rings. The Bertz CT molecular complexity index is 388. The largest absolute Gasteiger partial charge is 0.385 e. The van der Waals surface area contributed by atoms with E-state index in [1.807, 2.05) is 43.7 Å². The zero-order chi connectivity index (χ0) is 9.84. The van der Waals surface area contributed by atoms with Crippen LogP contribution < -0.4 is 5.73 Å². The van der Waals surface area contributed by atoms with Crippen molar-refractivity contribution in [3.05, 3.63) is 30.3 Å². The van der Waals surface area contributed by atoms with Crippen LogP contribution in [0.2, 0.25) is 0 Å². The van der Waals surface area contributed by atoms with Crippen LogP contribution in [-0.2, 0) is 7.05 Å². The molecule has 1 aromatic heterocycles. The minimum Gasteiger partial charge on any atom is -0.385 e. The number of benzene rings is 1. The highest BCUT2D eigenvalue weighted by Gasteiger charge is 1.99. The second kappa shape index (κ2) is 3.99. The van der Waals surface area contributed by atoms with Crippen LogP contribution in [0.15, 0.2) is 30.3 Å². The van der Waals surface area contributed by atoms with Crippen molar-refractivity contribution in [1.29, 1.82) is 0 Å². The van der Waals surface area contributed by atoms with Gasteiger partial charge in [0.1, 0.15) is 5.82 Å². The van der Waals surface area contributed by atoms with E-state index in [-0.39, 0.29) is 0 Å². The maximum atomic E-state index is 5.72. The third-order valence-corrected chi connectivity index (χ3v) is 1.99. The maximum Gasteiger partial charge on any atom is 0.104 e. The van der Waals surface area contributed by atoms with Crippen molar-refractivity contribution in [3.8, 4) is 0 Å². The number of nitrogens with zero attached hydrogens (tertiary/aromatic N) is 1. The molecule has 1 aromatic carbocycles. The van der Waals surface area contributed by atoms with E-state index >= 15 is 0 Å². The summed E-state index contributed by atoms with van der Waals surface area (Å²) < 4.78 is 1.98. The van der Waals surface area contributed by atoms with Gasteiger partial charge in [-0.3, -0.25) is 0 Å². The van der Waals surface area contributed by atoms with Gasteiger partial charge in [-0.15, -0.1) is 0 Å². The molecule has 1 heterocycles. The lowest BCUT2D eigenvalue weighted by Crippen LogP contribution is -1.94. The summed E-state index contributed by atoms with van der Waals surface area (Å²) >= 11 is 0. The highest BCUT2D eigenvalue weighted by molar-refractivity contribution is 5.84. The number of para-hydroxylation sites is 1. The molecule has 0 saturated carbocycles. The Morgan fingerprint density at radius 3 is 2.38 bits per heavy atom. The summed E-state index contributed by atoms with van der Waals surface area (Å²) in [5.41, 5.74) is 6.90. The fourth-order valence-corrected chi connectivity index (χ4v) is 1.31. The van der Waals surface area contributed by atoms with E-state index < -0.39 is 0 Å². The standard InChI is InChI=1S/C9H10N2.C2H6/c1-11-8-5-3-2-4-7(8)6-9(11)10;1-2/h2-6H,10H2,1H3;1-2H3. The molecule has 2 rings (SSSR count). The molecule has 0 unspecified atom stereocenters. The van der Waals surface area contributed by atoms with E-state index in [1.165, 1.54) is 10.9 Å². The second-order valence-electron chi connectivity index (χ2n) is 2.69. The molecule has 2 heteroatoms. The van der Waals surface area contributed by atoms with Crippen LogP contribution in [0.4, 0.5) is 5.82 Å². The van der Waals surface area contributed by atoms with Gasteiger partial charge in [0.15, 0.2) is 0 Å². The zero-order valence-corrected chi connectivity index (χ0v) is 8.41. The van der Waals surface area contributed by atoms with Gasteiger partial charge in [0.05, 0.1) is 0 Å². The molecule has 0 aliphatic rings. The van der Waals surface area contributed by atoms with E-state index in [4.69, 9.17) is 5.73 Å². The predicted octanol–water partition coefficient (Wildman–Crippen LogP) is 2.79. The van der Waals surface area contributed by atoms with E-state index in [9.17, 15) is 0 Å². The Balaban J connectivity index is 0.000000396. The zero-order valence-electron chi connectivity index (χ0n) is 8.41. The molecular weight excluding hydrogens is 160 g/mol. The Morgan fingerprint density at radius 2 is 1.77 bits per heavy atom. The SMILES string of the molecule is CC.Cn1c(N)cc2ccccc21. The highest BCUT2D eigenvalue weighted by atomic mass is 15.0. The molecule has 0 radical (unpaired) electrons. The lowest BCUT2D eigenvalue weighted by Gasteiger charge is -1.96. The van der Waals surface area contributed by atoms with Gasteiger partial charge in [0.25, 0.3) is 0 Å². The first-order valence-corrected chi connectivity index (χ1v) is 4.59. The molecule has 0 amide bonds. The van der Waals surface area contributed by atoms with Crippen molar-refractivity contribution in [2.75, 3.05) is 5.73 Å². The average Bonchev–Trinajstić information content (AvgIpc) is 2.47. The molecular formula is C11H16N2. The summed E-state index contributed by atoms with van der Waals surface area (Å²) in [5.74, 6) is 0.811. The van der Waals surface area contributed by atoms with Crippen molar-refractivity contribution < 1.29 is 0 Å². The minimum atomic E-state index is 0.811. The third kappa shape index (κ3) is 1.66. The molecule has 2 aromatic rings. The minimum absolute atomic E-state index is 0.811. The number of hydrogen-bond donors (Lipinski definition) is 1. The van der Waals surface area contributed by atoms with E-state index in [0.29, 0.717) is 0 Å². The summed E-state index contributed by atoms with van der Waals surface area (Å²) in [6.45, 7) is 4.00. The fourth-order valence-electron chi connectivity index (χ4n) is 1.31. The van der Waals surface area contributed by atoms with Crippen LogP contribution in [0.5, 0.6) is 0 Å². The lowest BCUT2D eigenvalue weighted by molar-refractivity contribution is 0.983. The number of anilines is 1. The van der Waals surface area contributed by atoms with Crippen molar-refractivity contribution in [1.82, 2.24) is 4.57 Å². The summed E-state index contributed by atoms with van der Waals surface area (Å²) in [7, 11) is 1.97. The Morgan fingerprint density at radius 1 is 1.15 bits per heavy atom. The van der Waals surface area contributed by atoms with Crippen LogP contribution in [0, 0.1) is 0 Å². The topological polar surface area (TPSA) is 30.9 Å². The number of nitrogen functional groups attached to an aromatic ring is 1. The summed E-state index contributed by atoms with van der Waals surface area (Å²) in [6.07, 6.45) is 0. The van der Waals surface area contributed by atoms with Crippen molar-refractivity contribution in [3.63, 3.8) is 0 Å². The maximum absolute atomic E-state index is 5.72. The van der Waals surface area contributed by atoms with E-state index in [0.717, 1.165) is 5.82 Å². The molecule has 0 aliphatic carbocycles. The average molecular weight is 176 g/mol.